The molecule has 1 saturated carbocycles. The van der Waals surface area contributed by atoms with Gasteiger partial charge in [0.1, 0.15) is 0 Å². The zero-order valence-electron chi connectivity index (χ0n) is 8.41. The highest BCUT2D eigenvalue weighted by Gasteiger charge is 2.34. The third-order valence-electron chi connectivity index (χ3n) is 3.37. The molecule has 4 nitrogen and oxygen atoms in total. The van der Waals surface area contributed by atoms with Crippen LogP contribution in [0.2, 0.25) is 0 Å². The van der Waals surface area contributed by atoms with Gasteiger partial charge in [0.25, 0.3) is 0 Å². The van der Waals surface area contributed by atoms with Gasteiger partial charge in [-0.2, -0.15) is 0 Å². The summed E-state index contributed by atoms with van der Waals surface area (Å²) in [6, 6.07) is 0.335. The van der Waals surface area contributed by atoms with Crippen molar-refractivity contribution in [2.75, 3.05) is 19.7 Å². The van der Waals surface area contributed by atoms with Gasteiger partial charge in [0, 0.05) is 31.7 Å². The Hall–Kier alpha value is -0.770. The van der Waals surface area contributed by atoms with Gasteiger partial charge in [0.2, 0.25) is 0 Å². The lowest BCUT2D eigenvalue weighted by atomic mass is 10.0. The number of nitrogens with one attached hydrogen (secondary N) is 1. The summed E-state index contributed by atoms with van der Waals surface area (Å²) in [5, 5.41) is 12.1. The van der Waals surface area contributed by atoms with Crippen molar-refractivity contribution in [1.29, 1.82) is 0 Å². The Bertz CT molecular complexity index is 220. The molecule has 1 saturated heterocycles. The van der Waals surface area contributed by atoms with Crippen LogP contribution in [0.3, 0.4) is 0 Å². The van der Waals surface area contributed by atoms with Crippen molar-refractivity contribution in [2.24, 2.45) is 5.92 Å². The molecular weight excluding hydrogens is 180 g/mol. The Morgan fingerprint density at radius 2 is 2.29 bits per heavy atom. The maximum atomic E-state index is 11.6. The molecule has 0 aromatic carbocycles. The summed E-state index contributed by atoms with van der Waals surface area (Å²) in [6.07, 6.45) is 4.28. The second kappa shape index (κ2) is 4.17. The number of aliphatic hydroxyl groups excluding tert-OH is 1. The van der Waals surface area contributed by atoms with Gasteiger partial charge in [-0.25, -0.2) is 4.79 Å². The Balaban J connectivity index is 2.01. The quantitative estimate of drug-likeness (QED) is 0.681. The van der Waals surface area contributed by atoms with E-state index < -0.39 is 0 Å². The van der Waals surface area contributed by atoms with Crippen LogP contribution in [0.25, 0.3) is 0 Å². The molecule has 1 heterocycles. The number of nitrogens with zero attached hydrogens (tertiary/aromatic N) is 1. The molecule has 4 heteroatoms. The zero-order valence-corrected chi connectivity index (χ0v) is 8.41. The number of aliphatic hydroxyl groups is 1. The molecule has 2 rings (SSSR count). The number of hydrogen-bond donors (Lipinski definition) is 2. The molecule has 2 N–H and O–H groups in total. The minimum absolute atomic E-state index is 0.0570. The van der Waals surface area contributed by atoms with Crippen molar-refractivity contribution >= 4 is 6.03 Å². The van der Waals surface area contributed by atoms with Gasteiger partial charge in [-0.1, -0.05) is 6.42 Å². The van der Waals surface area contributed by atoms with E-state index in [-0.39, 0.29) is 18.7 Å². The van der Waals surface area contributed by atoms with E-state index in [0.717, 1.165) is 38.8 Å². The largest absolute Gasteiger partial charge is 0.396 e. The number of rotatable bonds is 2. The molecule has 0 aromatic rings. The number of urea groups is 1. The standard InChI is InChI=1S/C10H18N2O2/c13-7-8-3-1-4-9(8)12-6-2-5-11-10(12)14/h8-9,13H,1-7H2,(H,11,14). The van der Waals surface area contributed by atoms with E-state index in [4.69, 9.17) is 0 Å². The van der Waals surface area contributed by atoms with Crippen LogP contribution in [-0.4, -0.2) is 41.8 Å². The molecule has 2 atom stereocenters. The molecule has 2 fully saturated rings. The monoisotopic (exact) mass is 198 g/mol. The SMILES string of the molecule is O=C1NCCCN1C1CCCC1CO. The summed E-state index contributed by atoms with van der Waals surface area (Å²) in [5.74, 6) is 0.304. The highest BCUT2D eigenvalue weighted by Crippen LogP contribution is 2.30. The van der Waals surface area contributed by atoms with Gasteiger partial charge in [0.15, 0.2) is 0 Å². The molecule has 1 aliphatic heterocycles. The molecule has 2 amide bonds. The first-order valence-corrected chi connectivity index (χ1v) is 5.48. The molecule has 2 aliphatic rings. The average Bonchev–Trinajstić information content (AvgIpc) is 2.66. The average molecular weight is 198 g/mol. The lowest BCUT2D eigenvalue weighted by Crippen LogP contribution is -2.52. The number of carbonyl (C=O) groups excluding carboxylic acids is 1. The third kappa shape index (κ3) is 1.71. The van der Waals surface area contributed by atoms with Crippen LogP contribution < -0.4 is 5.32 Å². The van der Waals surface area contributed by atoms with Gasteiger partial charge in [-0.05, 0) is 19.3 Å². The van der Waals surface area contributed by atoms with E-state index in [2.05, 4.69) is 5.32 Å². The molecule has 0 spiro atoms. The van der Waals surface area contributed by atoms with Crippen molar-refractivity contribution in [3.8, 4) is 0 Å². The summed E-state index contributed by atoms with van der Waals surface area (Å²) in [6.45, 7) is 1.87. The van der Waals surface area contributed by atoms with E-state index in [1.807, 2.05) is 4.90 Å². The Morgan fingerprint density at radius 3 is 3.00 bits per heavy atom. The normalized spacial score (nSPS) is 33.2. The van der Waals surface area contributed by atoms with Crippen LogP contribution >= 0.6 is 0 Å². The number of amides is 2. The zero-order chi connectivity index (χ0) is 9.97. The number of hydrogen-bond acceptors (Lipinski definition) is 2. The summed E-state index contributed by atoms with van der Waals surface area (Å²) >= 11 is 0. The lowest BCUT2D eigenvalue weighted by molar-refractivity contribution is 0.118. The fraction of sp³-hybridized carbons (Fsp3) is 0.900. The van der Waals surface area contributed by atoms with Gasteiger partial charge in [0.05, 0.1) is 0 Å². The van der Waals surface area contributed by atoms with E-state index in [1.54, 1.807) is 0 Å². The number of carbonyl (C=O) groups is 1. The van der Waals surface area contributed by atoms with Crippen molar-refractivity contribution < 1.29 is 9.90 Å². The van der Waals surface area contributed by atoms with E-state index in [9.17, 15) is 9.90 Å². The van der Waals surface area contributed by atoms with Crippen LogP contribution in [0.15, 0.2) is 0 Å². The second-order valence-corrected chi connectivity index (χ2v) is 4.22. The highest BCUT2D eigenvalue weighted by molar-refractivity contribution is 5.75. The third-order valence-corrected chi connectivity index (χ3v) is 3.37. The molecule has 0 radical (unpaired) electrons. The molecule has 2 unspecified atom stereocenters. The van der Waals surface area contributed by atoms with Crippen LogP contribution in [0, 0.1) is 5.92 Å². The molecule has 80 valence electrons. The molecule has 0 bridgehead atoms. The maximum Gasteiger partial charge on any atom is 0.317 e. The first-order chi connectivity index (χ1) is 6.83. The summed E-state index contributed by atoms with van der Waals surface area (Å²) < 4.78 is 0. The maximum absolute atomic E-state index is 11.6. The molecule has 1 aliphatic carbocycles. The fourth-order valence-corrected chi connectivity index (χ4v) is 2.60. The molecular formula is C10H18N2O2. The predicted octanol–water partition coefficient (Wildman–Crippen LogP) is 0.563. The predicted molar refractivity (Wildman–Crippen MR) is 52.9 cm³/mol. The highest BCUT2D eigenvalue weighted by atomic mass is 16.3. The molecule has 14 heavy (non-hydrogen) atoms. The van der Waals surface area contributed by atoms with Crippen molar-refractivity contribution in [1.82, 2.24) is 10.2 Å². The Labute approximate surface area is 84.3 Å². The van der Waals surface area contributed by atoms with Crippen molar-refractivity contribution in [3.05, 3.63) is 0 Å². The molecule has 0 aromatic heterocycles. The first kappa shape index (κ1) is 9.77. The minimum Gasteiger partial charge on any atom is -0.396 e. The van der Waals surface area contributed by atoms with E-state index in [1.165, 1.54) is 0 Å². The Morgan fingerprint density at radius 1 is 1.43 bits per heavy atom. The van der Waals surface area contributed by atoms with Crippen LogP contribution in [0.1, 0.15) is 25.7 Å². The summed E-state index contributed by atoms with van der Waals surface area (Å²) in [4.78, 5) is 13.5. The van der Waals surface area contributed by atoms with E-state index >= 15 is 0 Å². The first-order valence-electron chi connectivity index (χ1n) is 5.48. The van der Waals surface area contributed by atoms with Crippen LogP contribution in [0.5, 0.6) is 0 Å². The topological polar surface area (TPSA) is 52.6 Å². The van der Waals surface area contributed by atoms with Crippen molar-refractivity contribution in [3.63, 3.8) is 0 Å². The van der Waals surface area contributed by atoms with Gasteiger partial charge in [-0.15, -0.1) is 0 Å². The van der Waals surface area contributed by atoms with Crippen LogP contribution in [0.4, 0.5) is 4.79 Å². The summed E-state index contributed by atoms with van der Waals surface area (Å²) in [5.41, 5.74) is 0. The van der Waals surface area contributed by atoms with Gasteiger partial charge < -0.3 is 15.3 Å². The summed E-state index contributed by atoms with van der Waals surface area (Å²) in [7, 11) is 0. The van der Waals surface area contributed by atoms with Gasteiger partial charge >= 0.3 is 6.03 Å². The fourth-order valence-electron chi connectivity index (χ4n) is 2.60. The van der Waals surface area contributed by atoms with Crippen molar-refractivity contribution in [2.45, 2.75) is 31.7 Å². The van der Waals surface area contributed by atoms with E-state index in [0.29, 0.717) is 5.92 Å². The Kier molecular flexibility index (Phi) is 2.91. The minimum atomic E-state index is 0.0570. The van der Waals surface area contributed by atoms with Gasteiger partial charge in [-0.3, -0.25) is 0 Å². The lowest BCUT2D eigenvalue weighted by Gasteiger charge is -2.35. The smallest absolute Gasteiger partial charge is 0.317 e. The second-order valence-electron chi connectivity index (χ2n) is 4.22. The van der Waals surface area contributed by atoms with Crippen LogP contribution in [-0.2, 0) is 0 Å².